The van der Waals surface area contributed by atoms with E-state index in [2.05, 4.69) is 6.58 Å². The van der Waals surface area contributed by atoms with Gasteiger partial charge in [-0.25, -0.2) is 4.79 Å². The van der Waals surface area contributed by atoms with Gasteiger partial charge < -0.3 is 23.7 Å². The van der Waals surface area contributed by atoms with E-state index in [9.17, 15) is 4.79 Å². The first-order valence-corrected chi connectivity index (χ1v) is 10.1. The summed E-state index contributed by atoms with van der Waals surface area (Å²) in [5.41, 5.74) is 0. The Morgan fingerprint density at radius 1 is 0.677 bits per heavy atom. The minimum atomic E-state index is -0.458. The fraction of sp³-hybridized carbons (Fsp3) is 0.240. The van der Waals surface area contributed by atoms with Crippen LogP contribution in [0.15, 0.2) is 79.4 Å². The molecule has 0 aliphatic carbocycles. The average Bonchev–Trinajstić information content (AvgIpc) is 2.82. The molecule has 0 saturated heterocycles. The van der Waals surface area contributed by atoms with Crippen LogP contribution in [-0.4, -0.2) is 45.6 Å². The van der Waals surface area contributed by atoms with Crippen LogP contribution >= 0.6 is 0 Å². The number of hydrogen-bond donors (Lipinski definition) is 0. The minimum Gasteiger partial charge on any atom is -0.491 e. The summed E-state index contributed by atoms with van der Waals surface area (Å²) in [5, 5.41) is 1.93. The number of benzene rings is 3. The third-order valence-electron chi connectivity index (χ3n) is 4.32. The van der Waals surface area contributed by atoms with Crippen LogP contribution < -0.4 is 14.2 Å². The number of para-hydroxylation sites is 1. The van der Waals surface area contributed by atoms with Gasteiger partial charge in [0, 0.05) is 16.8 Å². The zero-order chi connectivity index (χ0) is 21.7. The number of carbonyl (C=O) groups excluding carboxylic acids is 1. The van der Waals surface area contributed by atoms with E-state index in [0.717, 1.165) is 34.1 Å². The first kappa shape index (κ1) is 22.2. The summed E-state index contributed by atoms with van der Waals surface area (Å²) in [7, 11) is 0. The van der Waals surface area contributed by atoms with Crippen molar-refractivity contribution in [1.29, 1.82) is 0 Å². The fourth-order valence-corrected chi connectivity index (χ4v) is 2.90. The van der Waals surface area contributed by atoms with Crippen LogP contribution in [0.1, 0.15) is 0 Å². The Bertz CT molecular complexity index is 970. The summed E-state index contributed by atoms with van der Waals surface area (Å²) in [5.74, 6) is 1.89. The molecule has 3 rings (SSSR count). The highest BCUT2D eigenvalue weighted by Gasteiger charge is 2.07. The standard InChI is InChI=1S/C25H26O6/c1-2-25(26)31-17-15-27-14-16-29-23-12-6-11-22-21(23)10-7-13-24(22)30-19-18-28-20-8-4-3-5-9-20/h2-13H,1,14-19H2. The summed E-state index contributed by atoms with van der Waals surface area (Å²) < 4.78 is 27.8. The molecule has 0 atom stereocenters. The van der Waals surface area contributed by atoms with Crippen LogP contribution in [0.25, 0.3) is 10.8 Å². The largest absolute Gasteiger partial charge is 0.491 e. The predicted octanol–water partition coefficient (Wildman–Crippen LogP) is 4.42. The van der Waals surface area contributed by atoms with E-state index in [1.807, 2.05) is 66.7 Å². The van der Waals surface area contributed by atoms with Gasteiger partial charge in [-0.3, -0.25) is 0 Å². The van der Waals surface area contributed by atoms with E-state index in [1.54, 1.807) is 0 Å². The van der Waals surface area contributed by atoms with Crippen molar-refractivity contribution in [2.45, 2.75) is 0 Å². The predicted molar refractivity (Wildman–Crippen MR) is 119 cm³/mol. The minimum absolute atomic E-state index is 0.188. The molecule has 6 nitrogen and oxygen atoms in total. The van der Waals surface area contributed by atoms with Gasteiger partial charge in [0.05, 0.1) is 13.2 Å². The lowest BCUT2D eigenvalue weighted by atomic mass is 10.1. The highest BCUT2D eigenvalue weighted by Crippen LogP contribution is 2.32. The molecule has 0 aromatic heterocycles. The van der Waals surface area contributed by atoms with Crippen molar-refractivity contribution in [2.24, 2.45) is 0 Å². The zero-order valence-electron chi connectivity index (χ0n) is 17.3. The molecule has 0 aliphatic rings. The molecular formula is C25H26O6. The average molecular weight is 422 g/mol. The maximum atomic E-state index is 10.9. The monoisotopic (exact) mass is 422 g/mol. The fourth-order valence-electron chi connectivity index (χ4n) is 2.90. The maximum Gasteiger partial charge on any atom is 0.330 e. The number of hydrogen-bond acceptors (Lipinski definition) is 6. The Labute approximate surface area is 181 Å². The lowest BCUT2D eigenvalue weighted by Crippen LogP contribution is -2.12. The molecule has 0 aliphatic heterocycles. The van der Waals surface area contributed by atoms with Crippen LogP contribution in [0.2, 0.25) is 0 Å². The van der Waals surface area contributed by atoms with E-state index in [0.29, 0.717) is 33.0 Å². The second kappa shape index (κ2) is 12.2. The summed E-state index contributed by atoms with van der Waals surface area (Å²) in [6.07, 6.45) is 1.12. The smallest absolute Gasteiger partial charge is 0.330 e. The normalized spacial score (nSPS) is 10.5. The Hall–Kier alpha value is -3.51. The van der Waals surface area contributed by atoms with Crippen LogP contribution in [0.3, 0.4) is 0 Å². The SMILES string of the molecule is C=CC(=O)OCCOCCOc1cccc2c(OCCOc3ccccc3)cccc12. The van der Waals surface area contributed by atoms with Crippen molar-refractivity contribution in [3.05, 3.63) is 79.4 Å². The summed E-state index contributed by atoms with van der Waals surface area (Å²) >= 11 is 0. The number of ether oxygens (including phenoxy) is 5. The Morgan fingerprint density at radius 3 is 1.90 bits per heavy atom. The molecule has 31 heavy (non-hydrogen) atoms. The summed E-state index contributed by atoms with van der Waals surface area (Å²) in [6.45, 7) is 5.48. The van der Waals surface area contributed by atoms with Crippen molar-refractivity contribution < 1.29 is 28.5 Å². The van der Waals surface area contributed by atoms with Crippen LogP contribution in [0.4, 0.5) is 0 Å². The maximum absolute atomic E-state index is 10.9. The van der Waals surface area contributed by atoms with Crippen molar-refractivity contribution >= 4 is 16.7 Å². The zero-order valence-corrected chi connectivity index (χ0v) is 17.3. The van der Waals surface area contributed by atoms with Crippen molar-refractivity contribution in [3.8, 4) is 17.2 Å². The molecule has 3 aromatic carbocycles. The number of fused-ring (bicyclic) bond motifs is 1. The van der Waals surface area contributed by atoms with Gasteiger partial charge in [0.1, 0.15) is 43.7 Å². The Kier molecular flexibility index (Phi) is 8.76. The molecule has 0 amide bonds. The third-order valence-corrected chi connectivity index (χ3v) is 4.32. The third kappa shape index (κ3) is 7.04. The summed E-state index contributed by atoms with van der Waals surface area (Å²) in [4.78, 5) is 10.9. The van der Waals surface area contributed by atoms with Crippen molar-refractivity contribution in [1.82, 2.24) is 0 Å². The van der Waals surface area contributed by atoms with E-state index < -0.39 is 5.97 Å². The quantitative estimate of drug-likeness (QED) is 0.231. The molecule has 6 heteroatoms. The van der Waals surface area contributed by atoms with E-state index in [-0.39, 0.29) is 6.61 Å². The molecule has 0 N–H and O–H groups in total. The number of rotatable bonds is 13. The second-order valence-corrected chi connectivity index (χ2v) is 6.45. The van der Waals surface area contributed by atoms with E-state index in [4.69, 9.17) is 23.7 Å². The van der Waals surface area contributed by atoms with Gasteiger partial charge >= 0.3 is 5.97 Å². The van der Waals surface area contributed by atoms with Gasteiger partial charge in [-0.15, -0.1) is 0 Å². The number of carbonyl (C=O) groups is 1. The van der Waals surface area contributed by atoms with Crippen LogP contribution in [0, 0.1) is 0 Å². The highest BCUT2D eigenvalue weighted by molar-refractivity contribution is 5.93. The van der Waals surface area contributed by atoms with E-state index >= 15 is 0 Å². The van der Waals surface area contributed by atoms with E-state index in [1.165, 1.54) is 0 Å². The molecule has 162 valence electrons. The van der Waals surface area contributed by atoms with Crippen LogP contribution in [0.5, 0.6) is 17.2 Å². The number of esters is 1. The lowest BCUT2D eigenvalue weighted by Gasteiger charge is -2.13. The topological polar surface area (TPSA) is 63.2 Å². The molecule has 0 radical (unpaired) electrons. The molecular weight excluding hydrogens is 396 g/mol. The molecule has 0 fully saturated rings. The molecule has 0 spiro atoms. The molecule has 0 saturated carbocycles. The van der Waals surface area contributed by atoms with Crippen molar-refractivity contribution in [2.75, 3.05) is 39.6 Å². The summed E-state index contributed by atoms with van der Waals surface area (Å²) in [6, 6.07) is 21.4. The Morgan fingerprint density at radius 2 is 1.26 bits per heavy atom. The van der Waals surface area contributed by atoms with Gasteiger partial charge in [0.25, 0.3) is 0 Å². The molecule has 0 unspecified atom stereocenters. The van der Waals surface area contributed by atoms with Crippen molar-refractivity contribution in [3.63, 3.8) is 0 Å². The second-order valence-electron chi connectivity index (χ2n) is 6.45. The Balaban J connectivity index is 1.47. The van der Waals surface area contributed by atoms with Crippen LogP contribution in [-0.2, 0) is 14.3 Å². The van der Waals surface area contributed by atoms with Gasteiger partial charge in [0.2, 0.25) is 0 Å². The first-order chi connectivity index (χ1) is 15.3. The molecule has 3 aromatic rings. The van der Waals surface area contributed by atoms with Gasteiger partial charge in [-0.2, -0.15) is 0 Å². The first-order valence-electron chi connectivity index (χ1n) is 10.1. The van der Waals surface area contributed by atoms with Gasteiger partial charge in [0.15, 0.2) is 0 Å². The van der Waals surface area contributed by atoms with Gasteiger partial charge in [-0.05, 0) is 24.3 Å². The lowest BCUT2D eigenvalue weighted by molar-refractivity contribution is -0.139. The highest BCUT2D eigenvalue weighted by atomic mass is 16.6. The molecule has 0 heterocycles. The molecule has 0 bridgehead atoms. The van der Waals surface area contributed by atoms with Gasteiger partial charge in [-0.1, -0.05) is 49.0 Å².